The number of carbonyl (C=O) groups excluding carboxylic acids is 2. The van der Waals surface area contributed by atoms with Gasteiger partial charge in [0.15, 0.2) is 0 Å². The molecule has 1 rings (SSSR count). The van der Waals surface area contributed by atoms with Crippen molar-refractivity contribution in [3.8, 4) is 5.75 Å². The van der Waals surface area contributed by atoms with E-state index in [0.717, 1.165) is 16.9 Å². The summed E-state index contributed by atoms with van der Waals surface area (Å²) in [5.41, 5.74) is 2.23. The number of nitrogens with zero attached hydrogens (tertiary/aromatic N) is 1. The van der Waals surface area contributed by atoms with Gasteiger partial charge in [0, 0.05) is 13.6 Å². The predicted octanol–water partition coefficient (Wildman–Crippen LogP) is 1.98. The van der Waals surface area contributed by atoms with Gasteiger partial charge in [-0.15, -0.1) is 0 Å². The first-order chi connectivity index (χ1) is 8.93. The van der Waals surface area contributed by atoms with Gasteiger partial charge in [-0.3, -0.25) is 9.59 Å². The van der Waals surface area contributed by atoms with Gasteiger partial charge in [0.25, 0.3) is 0 Å². The summed E-state index contributed by atoms with van der Waals surface area (Å²) in [6.07, 6.45) is 0.687. The molecule has 1 aromatic rings. The van der Waals surface area contributed by atoms with Crippen LogP contribution in [0.3, 0.4) is 0 Å². The maximum atomic E-state index is 11.7. The lowest BCUT2D eigenvalue weighted by Crippen LogP contribution is -2.30. The molecular formula is C15H21NO3. The summed E-state index contributed by atoms with van der Waals surface area (Å²) in [5.74, 6) is 0.585. The molecule has 0 saturated carbocycles. The topological polar surface area (TPSA) is 46.6 Å². The lowest BCUT2D eigenvalue weighted by Gasteiger charge is -2.17. The third-order valence-electron chi connectivity index (χ3n) is 2.98. The number of methoxy groups -OCH3 is 1. The molecule has 104 valence electrons. The summed E-state index contributed by atoms with van der Waals surface area (Å²) in [6.45, 7) is 4.02. The Balaban J connectivity index is 2.63. The van der Waals surface area contributed by atoms with Gasteiger partial charge in [-0.2, -0.15) is 0 Å². The summed E-state index contributed by atoms with van der Waals surface area (Å²) in [5, 5.41) is 0. The fourth-order valence-electron chi connectivity index (χ4n) is 1.86. The number of carbonyl (C=O) groups is 2. The Morgan fingerprint density at radius 3 is 2.58 bits per heavy atom. The Bertz CT molecular complexity index is 468. The lowest BCUT2D eigenvalue weighted by atomic mass is 10.1. The highest BCUT2D eigenvalue weighted by atomic mass is 16.5. The van der Waals surface area contributed by atoms with E-state index in [0.29, 0.717) is 13.0 Å². The van der Waals surface area contributed by atoms with Crippen LogP contribution in [-0.2, 0) is 16.0 Å². The quantitative estimate of drug-likeness (QED) is 0.737. The normalized spacial score (nSPS) is 10.1. The number of aryl methyl sites for hydroxylation is 1. The number of ketones is 1. The maximum absolute atomic E-state index is 11.7. The van der Waals surface area contributed by atoms with Gasteiger partial charge in [0.2, 0.25) is 5.91 Å². The lowest BCUT2D eigenvalue weighted by molar-refractivity contribution is -0.133. The highest BCUT2D eigenvalue weighted by molar-refractivity contribution is 5.96. The zero-order valence-electron chi connectivity index (χ0n) is 12.0. The minimum absolute atomic E-state index is 0.0263. The van der Waals surface area contributed by atoms with Crippen LogP contribution in [0.2, 0.25) is 0 Å². The summed E-state index contributed by atoms with van der Waals surface area (Å²) < 4.78 is 5.30. The van der Waals surface area contributed by atoms with Gasteiger partial charge in [0.05, 0.1) is 13.5 Å². The van der Waals surface area contributed by atoms with Crippen molar-refractivity contribution in [2.24, 2.45) is 0 Å². The summed E-state index contributed by atoms with van der Waals surface area (Å²) >= 11 is 0. The van der Waals surface area contributed by atoms with E-state index >= 15 is 0 Å². The molecule has 0 fully saturated rings. The van der Waals surface area contributed by atoms with Crippen LogP contribution in [-0.4, -0.2) is 37.3 Å². The predicted molar refractivity (Wildman–Crippen MR) is 74.4 cm³/mol. The Morgan fingerprint density at radius 1 is 1.32 bits per heavy atom. The van der Waals surface area contributed by atoms with Crippen molar-refractivity contribution >= 4 is 11.7 Å². The van der Waals surface area contributed by atoms with Gasteiger partial charge in [-0.05, 0) is 31.9 Å². The molecule has 0 spiro atoms. The maximum Gasteiger partial charge on any atom is 0.229 e. The van der Waals surface area contributed by atoms with Crippen molar-refractivity contribution < 1.29 is 14.3 Å². The van der Waals surface area contributed by atoms with Crippen molar-refractivity contribution in [2.75, 3.05) is 20.7 Å². The van der Waals surface area contributed by atoms with Gasteiger partial charge in [0.1, 0.15) is 11.5 Å². The summed E-state index contributed by atoms with van der Waals surface area (Å²) in [7, 11) is 3.35. The van der Waals surface area contributed by atoms with Crippen LogP contribution >= 0.6 is 0 Å². The van der Waals surface area contributed by atoms with E-state index in [2.05, 4.69) is 6.07 Å². The molecule has 0 unspecified atom stereocenters. The molecule has 4 nitrogen and oxygen atoms in total. The molecule has 1 amide bonds. The fourth-order valence-corrected chi connectivity index (χ4v) is 1.86. The number of benzene rings is 1. The molecule has 0 heterocycles. The largest absolute Gasteiger partial charge is 0.496 e. The second-order valence-corrected chi connectivity index (χ2v) is 4.76. The smallest absolute Gasteiger partial charge is 0.229 e. The molecular weight excluding hydrogens is 242 g/mol. The van der Waals surface area contributed by atoms with E-state index in [1.807, 2.05) is 19.1 Å². The second-order valence-electron chi connectivity index (χ2n) is 4.76. The molecule has 1 aromatic carbocycles. The Kier molecular flexibility index (Phi) is 5.55. The van der Waals surface area contributed by atoms with Crippen molar-refractivity contribution in [3.05, 3.63) is 29.3 Å². The first-order valence-electron chi connectivity index (χ1n) is 6.31. The number of ether oxygens (including phenoxy) is 1. The number of amides is 1. The Labute approximate surface area is 114 Å². The van der Waals surface area contributed by atoms with Crippen LogP contribution in [0.5, 0.6) is 5.75 Å². The van der Waals surface area contributed by atoms with Crippen molar-refractivity contribution in [1.29, 1.82) is 0 Å². The van der Waals surface area contributed by atoms with Gasteiger partial charge >= 0.3 is 0 Å². The Hall–Kier alpha value is -1.84. The van der Waals surface area contributed by atoms with Gasteiger partial charge < -0.3 is 9.64 Å². The third-order valence-corrected chi connectivity index (χ3v) is 2.98. The van der Waals surface area contributed by atoms with E-state index in [4.69, 9.17) is 4.74 Å². The van der Waals surface area contributed by atoms with Crippen LogP contribution in [0, 0.1) is 6.92 Å². The summed E-state index contributed by atoms with van der Waals surface area (Å²) in [6, 6.07) is 5.98. The molecule has 0 N–H and O–H groups in total. The number of hydrogen-bond acceptors (Lipinski definition) is 3. The van der Waals surface area contributed by atoms with E-state index in [9.17, 15) is 9.59 Å². The highest BCUT2D eigenvalue weighted by Gasteiger charge is 2.12. The molecule has 0 aliphatic rings. The minimum atomic E-state index is -0.140. The van der Waals surface area contributed by atoms with E-state index < -0.39 is 0 Å². The van der Waals surface area contributed by atoms with Crippen molar-refractivity contribution in [1.82, 2.24) is 4.90 Å². The molecule has 0 saturated heterocycles. The molecule has 19 heavy (non-hydrogen) atoms. The van der Waals surface area contributed by atoms with Gasteiger partial charge in [-0.1, -0.05) is 17.7 Å². The first-order valence-corrected chi connectivity index (χ1v) is 6.31. The molecule has 0 aliphatic heterocycles. The van der Waals surface area contributed by atoms with Crippen LogP contribution < -0.4 is 4.74 Å². The fraction of sp³-hybridized carbons (Fsp3) is 0.467. The Morgan fingerprint density at radius 2 is 2.00 bits per heavy atom. The van der Waals surface area contributed by atoms with E-state index in [1.54, 1.807) is 19.1 Å². The number of rotatable bonds is 6. The summed E-state index contributed by atoms with van der Waals surface area (Å²) in [4.78, 5) is 24.2. The highest BCUT2D eigenvalue weighted by Crippen LogP contribution is 2.20. The number of Topliss-reactive ketones (excluding diaryl/α,β-unsaturated/α-hetero) is 1. The van der Waals surface area contributed by atoms with Crippen LogP contribution in [0.4, 0.5) is 0 Å². The van der Waals surface area contributed by atoms with E-state index in [-0.39, 0.29) is 18.1 Å². The average Bonchev–Trinajstić information content (AvgIpc) is 2.35. The van der Waals surface area contributed by atoms with Crippen LogP contribution in [0.25, 0.3) is 0 Å². The standard InChI is InChI=1S/C15H21NO3/c1-11-5-6-14(19-4)13(9-11)7-8-16(3)15(18)10-12(2)17/h5-6,9H,7-8,10H2,1-4H3. The number of likely N-dealkylation sites (N-methyl/N-ethyl adjacent to an activating group) is 1. The van der Waals surface area contributed by atoms with Crippen molar-refractivity contribution in [2.45, 2.75) is 26.7 Å². The molecule has 0 radical (unpaired) electrons. The monoisotopic (exact) mass is 263 g/mol. The van der Waals surface area contributed by atoms with Crippen LogP contribution in [0.15, 0.2) is 18.2 Å². The molecule has 0 aromatic heterocycles. The third kappa shape index (κ3) is 4.73. The average molecular weight is 263 g/mol. The molecule has 0 atom stereocenters. The molecule has 0 bridgehead atoms. The minimum Gasteiger partial charge on any atom is -0.496 e. The van der Waals surface area contributed by atoms with E-state index in [1.165, 1.54) is 6.92 Å². The first kappa shape index (κ1) is 15.2. The zero-order valence-corrected chi connectivity index (χ0v) is 12.0. The zero-order chi connectivity index (χ0) is 14.4. The second kappa shape index (κ2) is 6.92. The number of hydrogen-bond donors (Lipinski definition) is 0. The SMILES string of the molecule is COc1ccc(C)cc1CCN(C)C(=O)CC(C)=O. The molecule has 4 heteroatoms. The van der Waals surface area contributed by atoms with Crippen molar-refractivity contribution in [3.63, 3.8) is 0 Å². The van der Waals surface area contributed by atoms with Crippen LogP contribution in [0.1, 0.15) is 24.5 Å². The molecule has 0 aliphatic carbocycles. The van der Waals surface area contributed by atoms with Gasteiger partial charge in [-0.25, -0.2) is 0 Å².